The highest BCUT2D eigenvalue weighted by Gasteiger charge is 2.51. The second-order valence-electron chi connectivity index (χ2n) is 10.4. The molecule has 1 aliphatic heterocycles. The quantitative estimate of drug-likeness (QED) is 0.225. The average Bonchev–Trinajstić information content (AvgIpc) is 2.79. The van der Waals surface area contributed by atoms with Crippen molar-refractivity contribution in [2.24, 2.45) is 11.3 Å². The Morgan fingerprint density at radius 2 is 1.80 bits per heavy atom. The molecule has 1 amide bonds. The molecule has 190 valence electrons. The van der Waals surface area contributed by atoms with Crippen LogP contribution in [0.4, 0.5) is 0 Å². The first-order chi connectivity index (χ1) is 16.6. The molecular weight excluding hydrogens is 497 g/mol. The first-order valence-corrected chi connectivity index (χ1v) is 13.9. The van der Waals surface area contributed by atoms with Gasteiger partial charge in [0.1, 0.15) is 0 Å². The van der Waals surface area contributed by atoms with Crippen molar-refractivity contribution in [2.45, 2.75) is 70.7 Å². The third kappa shape index (κ3) is 6.65. The Morgan fingerprint density at radius 1 is 1.11 bits per heavy atom. The highest BCUT2D eigenvalue weighted by atomic mass is 35.5. The van der Waals surface area contributed by atoms with Crippen LogP contribution in [0.15, 0.2) is 61.2 Å². The van der Waals surface area contributed by atoms with E-state index in [4.69, 9.17) is 27.4 Å². The third-order valence-corrected chi connectivity index (χ3v) is 7.96. The van der Waals surface area contributed by atoms with E-state index in [1.165, 1.54) is 12.0 Å². The van der Waals surface area contributed by atoms with Crippen molar-refractivity contribution in [1.29, 1.82) is 0 Å². The molecule has 0 aromatic heterocycles. The number of hydrogen-bond donors (Lipinski definition) is 0. The summed E-state index contributed by atoms with van der Waals surface area (Å²) < 4.78 is 6.07. The van der Waals surface area contributed by atoms with Crippen LogP contribution < -0.4 is 0 Å². The van der Waals surface area contributed by atoms with Gasteiger partial charge >= 0.3 is 0 Å². The number of likely N-dealkylation sites (tertiary alicyclic amines) is 1. The number of benzene rings is 2. The molecule has 4 atom stereocenters. The maximum atomic E-state index is 14.3. The standard InChI is InChI=1S/C29H37Cl2NO2S/c1-7-15-29(6)17-25(22-9-8-10-24(31)16-22)27(21-11-13-23(30)14-12-21)32(28(29)33)26(19(2)3)18-34-35-20(4)5/h7-14,16,19-20,25-27H,1,15,17-18H2,2-6H3/t25-,26-,27-,29+/m1/s1. The average molecular weight is 535 g/mol. The molecule has 1 aliphatic rings. The number of carbonyl (C=O) groups is 1. The van der Waals surface area contributed by atoms with E-state index in [-0.39, 0.29) is 29.8 Å². The van der Waals surface area contributed by atoms with Crippen LogP contribution in [-0.2, 0) is 8.98 Å². The molecule has 0 saturated carbocycles. The number of hydrogen-bond acceptors (Lipinski definition) is 3. The number of halogens is 2. The minimum Gasteiger partial charge on any atom is -0.329 e. The number of carbonyl (C=O) groups excluding carboxylic acids is 1. The molecule has 0 aliphatic carbocycles. The summed E-state index contributed by atoms with van der Waals surface area (Å²) in [5.74, 6) is 0.400. The Balaban J connectivity index is 2.19. The smallest absolute Gasteiger partial charge is 0.229 e. The summed E-state index contributed by atoms with van der Waals surface area (Å²) in [5.41, 5.74) is 1.62. The maximum Gasteiger partial charge on any atom is 0.229 e. The lowest BCUT2D eigenvalue weighted by atomic mass is 9.66. The second-order valence-corrected chi connectivity index (χ2v) is 12.6. The molecule has 1 fully saturated rings. The van der Waals surface area contributed by atoms with E-state index in [9.17, 15) is 4.79 Å². The van der Waals surface area contributed by atoms with Crippen molar-refractivity contribution >= 4 is 41.2 Å². The molecular formula is C29H37Cl2NO2S. The van der Waals surface area contributed by atoms with Gasteiger partial charge in [0.05, 0.1) is 24.1 Å². The van der Waals surface area contributed by atoms with Crippen molar-refractivity contribution in [3.05, 3.63) is 82.4 Å². The SMILES string of the molecule is C=CC[C@@]1(C)C[C@H](c2cccc(Cl)c2)[C@@H](c2ccc(Cl)cc2)N([C@H](COSC(C)C)C(C)C)C1=O. The summed E-state index contributed by atoms with van der Waals surface area (Å²) in [6.07, 6.45) is 3.18. The molecule has 0 unspecified atom stereocenters. The number of rotatable bonds is 10. The lowest BCUT2D eigenvalue weighted by Crippen LogP contribution is -2.57. The van der Waals surface area contributed by atoms with Crippen LogP contribution in [0, 0.1) is 11.3 Å². The Labute approximate surface area is 225 Å². The number of allylic oxidation sites excluding steroid dienone is 1. The molecule has 35 heavy (non-hydrogen) atoms. The van der Waals surface area contributed by atoms with E-state index in [0.29, 0.717) is 34.7 Å². The van der Waals surface area contributed by atoms with Crippen LogP contribution in [0.1, 0.15) is 70.5 Å². The predicted octanol–water partition coefficient (Wildman–Crippen LogP) is 8.73. The molecule has 3 nitrogen and oxygen atoms in total. The molecule has 0 spiro atoms. The summed E-state index contributed by atoms with van der Waals surface area (Å²) in [6, 6.07) is 15.7. The van der Waals surface area contributed by atoms with E-state index in [2.05, 4.69) is 52.2 Å². The lowest BCUT2D eigenvalue weighted by Gasteiger charge is -2.52. The van der Waals surface area contributed by atoms with Crippen LogP contribution in [0.2, 0.25) is 10.0 Å². The molecule has 1 heterocycles. The summed E-state index contributed by atoms with van der Waals surface area (Å²) >= 11 is 14.2. The molecule has 2 aromatic rings. The monoisotopic (exact) mass is 533 g/mol. The molecule has 0 N–H and O–H groups in total. The minimum atomic E-state index is -0.573. The van der Waals surface area contributed by atoms with Gasteiger partial charge in [0.15, 0.2) is 0 Å². The van der Waals surface area contributed by atoms with Crippen molar-refractivity contribution in [3.63, 3.8) is 0 Å². The second kappa shape index (κ2) is 12.2. The maximum absolute atomic E-state index is 14.3. The normalized spacial score (nSPS) is 23.7. The van der Waals surface area contributed by atoms with Crippen LogP contribution in [-0.4, -0.2) is 28.7 Å². The van der Waals surface area contributed by atoms with Crippen LogP contribution in [0.5, 0.6) is 0 Å². The largest absolute Gasteiger partial charge is 0.329 e. The zero-order valence-corrected chi connectivity index (χ0v) is 23.7. The van der Waals surface area contributed by atoms with Gasteiger partial charge in [-0.2, -0.15) is 0 Å². The number of nitrogens with zero attached hydrogens (tertiary/aromatic N) is 1. The first kappa shape index (κ1) is 28.1. The summed E-state index contributed by atoms with van der Waals surface area (Å²) in [6.45, 7) is 15.0. The Kier molecular flexibility index (Phi) is 9.79. The molecule has 6 heteroatoms. The fourth-order valence-corrected chi connectivity index (χ4v) is 5.91. The number of piperidine rings is 1. The Morgan fingerprint density at radius 3 is 2.37 bits per heavy atom. The van der Waals surface area contributed by atoms with Gasteiger partial charge < -0.3 is 9.08 Å². The third-order valence-electron chi connectivity index (χ3n) is 6.81. The van der Waals surface area contributed by atoms with E-state index < -0.39 is 5.41 Å². The van der Waals surface area contributed by atoms with Crippen molar-refractivity contribution < 1.29 is 8.98 Å². The molecule has 3 rings (SSSR count). The highest BCUT2D eigenvalue weighted by molar-refractivity contribution is 7.95. The zero-order chi connectivity index (χ0) is 25.8. The van der Waals surface area contributed by atoms with Crippen molar-refractivity contribution in [3.8, 4) is 0 Å². The lowest BCUT2D eigenvalue weighted by molar-refractivity contribution is -0.157. The van der Waals surface area contributed by atoms with Crippen LogP contribution in [0.3, 0.4) is 0 Å². The van der Waals surface area contributed by atoms with Crippen molar-refractivity contribution in [2.75, 3.05) is 6.61 Å². The summed E-state index contributed by atoms with van der Waals surface area (Å²) in [7, 11) is 0. The van der Waals surface area contributed by atoms with Gasteiger partial charge in [0, 0.05) is 21.2 Å². The zero-order valence-electron chi connectivity index (χ0n) is 21.3. The van der Waals surface area contributed by atoms with Crippen molar-refractivity contribution in [1.82, 2.24) is 4.90 Å². The first-order valence-electron chi connectivity index (χ1n) is 12.3. The fraction of sp³-hybridized carbons (Fsp3) is 0.483. The van der Waals surface area contributed by atoms with Gasteiger partial charge in [-0.15, -0.1) is 6.58 Å². The molecule has 0 radical (unpaired) electrons. The van der Waals surface area contributed by atoms with E-state index >= 15 is 0 Å². The summed E-state index contributed by atoms with van der Waals surface area (Å²) in [4.78, 5) is 16.4. The van der Waals surface area contributed by atoms with E-state index in [1.807, 2.05) is 48.5 Å². The Hall–Kier alpha value is -1.46. The van der Waals surface area contributed by atoms with Gasteiger partial charge in [-0.05, 0) is 66.2 Å². The summed E-state index contributed by atoms with van der Waals surface area (Å²) in [5, 5.41) is 1.72. The van der Waals surface area contributed by atoms with E-state index in [1.54, 1.807) is 0 Å². The molecule has 0 bridgehead atoms. The van der Waals surface area contributed by atoms with Crippen LogP contribution in [0.25, 0.3) is 0 Å². The van der Waals surface area contributed by atoms with Gasteiger partial charge in [-0.25, -0.2) is 0 Å². The van der Waals surface area contributed by atoms with Gasteiger partial charge in [0.25, 0.3) is 0 Å². The highest BCUT2D eigenvalue weighted by Crippen LogP contribution is 2.52. The molecule has 2 aromatic carbocycles. The predicted molar refractivity (Wildman–Crippen MR) is 150 cm³/mol. The molecule has 1 saturated heterocycles. The Bertz CT molecular complexity index is 1010. The fourth-order valence-electron chi connectivity index (χ4n) is 5.09. The van der Waals surface area contributed by atoms with Gasteiger partial charge in [0.2, 0.25) is 5.91 Å². The van der Waals surface area contributed by atoms with E-state index in [0.717, 1.165) is 11.1 Å². The topological polar surface area (TPSA) is 29.5 Å². The van der Waals surface area contributed by atoms with Gasteiger partial charge in [-0.3, -0.25) is 4.79 Å². The minimum absolute atomic E-state index is 0.0523. The van der Waals surface area contributed by atoms with Gasteiger partial charge in [-0.1, -0.05) is 88.2 Å². The van der Waals surface area contributed by atoms with Crippen LogP contribution >= 0.6 is 35.2 Å². The number of amides is 1.